The van der Waals surface area contributed by atoms with Crippen LogP contribution in [0, 0.1) is 0 Å². The minimum atomic E-state index is 0.421. The number of hydrogen-bond acceptors (Lipinski definition) is 2. The van der Waals surface area contributed by atoms with Crippen molar-refractivity contribution in [3.63, 3.8) is 0 Å². The lowest BCUT2D eigenvalue weighted by molar-refractivity contribution is 0.294. The number of rotatable bonds is 4. The molecule has 0 saturated carbocycles. The van der Waals surface area contributed by atoms with Gasteiger partial charge in [-0.05, 0) is 43.5 Å². The molecule has 17 heavy (non-hydrogen) atoms. The van der Waals surface area contributed by atoms with Gasteiger partial charge < -0.3 is 10.2 Å². The zero-order valence-corrected chi connectivity index (χ0v) is 10.8. The minimum Gasteiger partial charge on any atom is -0.318 e. The summed E-state index contributed by atoms with van der Waals surface area (Å²) in [6.45, 7) is 0.964. The van der Waals surface area contributed by atoms with Crippen LogP contribution < -0.4 is 5.32 Å². The molecule has 2 nitrogen and oxygen atoms in total. The Kier molecular flexibility index (Phi) is 3.77. The Morgan fingerprint density at radius 3 is 2.41 bits per heavy atom. The van der Waals surface area contributed by atoms with Crippen molar-refractivity contribution in [2.75, 3.05) is 27.7 Å². The number of nitrogens with zero attached hydrogens (tertiary/aromatic N) is 1. The summed E-state index contributed by atoms with van der Waals surface area (Å²) >= 11 is 0. The first-order chi connectivity index (χ1) is 8.22. The molecular formula is C15H20N2. The van der Waals surface area contributed by atoms with E-state index in [1.807, 2.05) is 7.05 Å². The SMILES string of the molecule is CNCC(c1ccc2ccccc2c1)N(C)C. The lowest BCUT2D eigenvalue weighted by Gasteiger charge is -2.24. The Morgan fingerprint density at radius 2 is 1.76 bits per heavy atom. The van der Waals surface area contributed by atoms with Crippen molar-refractivity contribution in [1.82, 2.24) is 10.2 Å². The molecule has 0 aliphatic heterocycles. The molecule has 1 atom stereocenters. The van der Waals surface area contributed by atoms with E-state index < -0.39 is 0 Å². The molecule has 1 N–H and O–H groups in total. The maximum atomic E-state index is 3.25. The fourth-order valence-electron chi connectivity index (χ4n) is 2.21. The van der Waals surface area contributed by atoms with Gasteiger partial charge in [0, 0.05) is 12.6 Å². The Balaban J connectivity index is 2.40. The summed E-state index contributed by atoms with van der Waals surface area (Å²) in [5, 5.41) is 5.87. The van der Waals surface area contributed by atoms with Crippen LogP contribution in [0.4, 0.5) is 0 Å². The lowest BCUT2D eigenvalue weighted by Crippen LogP contribution is -2.29. The van der Waals surface area contributed by atoms with Crippen molar-refractivity contribution in [2.45, 2.75) is 6.04 Å². The average Bonchev–Trinajstić information content (AvgIpc) is 2.35. The van der Waals surface area contributed by atoms with E-state index in [9.17, 15) is 0 Å². The fraction of sp³-hybridized carbons (Fsp3) is 0.333. The van der Waals surface area contributed by atoms with Crippen molar-refractivity contribution in [3.05, 3.63) is 48.0 Å². The molecule has 0 aliphatic carbocycles. The second kappa shape index (κ2) is 5.30. The second-order valence-corrected chi connectivity index (χ2v) is 4.64. The number of benzene rings is 2. The van der Waals surface area contributed by atoms with Crippen LogP contribution in [0.2, 0.25) is 0 Å². The summed E-state index contributed by atoms with van der Waals surface area (Å²) < 4.78 is 0. The molecule has 0 fully saturated rings. The minimum absolute atomic E-state index is 0.421. The van der Waals surface area contributed by atoms with Crippen molar-refractivity contribution in [1.29, 1.82) is 0 Å². The first-order valence-electron chi connectivity index (χ1n) is 6.02. The van der Waals surface area contributed by atoms with Crippen LogP contribution >= 0.6 is 0 Å². The predicted molar refractivity (Wildman–Crippen MR) is 74.3 cm³/mol. The van der Waals surface area contributed by atoms with Crippen molar-refractivity contribution in [3.8, 4) is 0 Å². The molecular weight excluding hydrogens is 208 g/mol. The molecule has 0 bridgehead atoms. The van der Waals surface area contributed by atoms with E-state index >= 15 is 0 Å². The van der Waals surface area contributed by atoms with Crippen molar-refractivity contribution < 1.29 is 0 Å². The van der Waals surface area contributed by atoms with Crippen LogP contribution in [0.15, 0.2) is 42.5 Å². The lowest BCUT2D eigenvalue weighted by atomic mass is 10.0. The van der Waals surface area contributed by atoms with Gasteiger partial charge in [-0.15, -0.1) is 0 Å². The third-order valence-corrected chi connectivity index (χ3v) is 3.18. The molecule has 0 spiro atoms. The topological polar surface area (TPSA) is 15.3 Å². The first-order valence-corrected chi connectivity index (χ1v) is 6.02. The van der Waals surface area contributed by atoms with E-state index in [2.05, 4.69) is 66.8 Å². The van der Waals surface area contributed by atoms with Gasteiger partial charge in [0.05, 0.1) is 0 Å². The van der Waals surface area contributed by atoms with Gasteiger partial charge in [-0.1, -0.05) is 36.4 Å². The van der Waals surface area contributed by atoms with Gasteiger partial charge in [-0.2, -0.15) is 0 Å². The maximum absolute atomic E-state index is 3.25. The highest BCUT2D eigenvalue weighted by atomic mass is 15.1. The van der Waals surface area contributed by atoms with Gasteiger partial charge in [-0.25, -0.2) is 0 Å². The Labute approximate surface area is 103 Å². The van der Waals surface area contributed by atoms with E-state index in [-0.39, 0.29) is 0 Å². The van der Waals surface area contributed by atoms with Crippen LogP contribution in [0.1, 0.15) is 11.6 Å². The molecule has 2 aromatic rings. The normalized spacial score (nSPS) is 13.2. The monoisotopic (exact) mass is 228 g/mol. The van der Waals surface area contributed by atoms with Gasteiger partial charge in [0.2, 0.25) is 0 Å². The molecule has 2 aromatic carbocycles. The highest BCUT2D eigenvalue weighted by Gasteiger charge is 2.12. The molecule has 2 rings (SSSR count). The average molecular weight is 228 g/mol. The maximum Gasteiger partial charge on any atom is 0.0466 e. The summed E-state index contributed by atoms with van der Waals surface area (Å²) in [7, 11) is 6.24. The quantitative estimate of drug-likeness (QED) is 0.865. The summed E-state index contributed by atoms with van der Waals surface area (Å²) in [6, 6.07) is 15.6. The molecule has 0 heterocycles. The largest absolute Gasteiger partial charge is 0.318 e. The summed E-state index contributed by atoms with van der Waals surface area (Å²) in [6.07, 6.45) is 0. The van der Waals surface area contributed by atoms with Crippen LogP contribution in [0.5, 0.6) is 0 Å². The molecule has 0 amide bonds. The highest BCUT2D eigenvalue weighted by Crippen LogP contribution is 2.22. The van der Waals surface area contributed by atoms with Crippen molar-refractivity contribution in [2.24, 2.45) is 0 Å². The highest BCUT2D eigenvalue weighted by molar-refractivity contribution is 5.83. The zero-order valence-electron chi connectivity index (χ0n) is 10.8. The fourth-order valence-corrected chi connectivity index (χ4v) is 2.21. The van der Waals surface area contributed by atoms with Gasteiger partial charge in [0.15, 0.2) is 0 Å². The van der Waals surface area contributed by atoms with Gasteiger partial charge in [0.1, 0.15) is 0 Å². The Bertz CT molecular complexity index is 491. The van der Waals surface area contributed by atoms with E-state index in [4.69, 9.17) is 0 Å². The van der Waals surface area contributed by atoms with E-state index in [1.54, 1.807) is 0 Å². The molecule has 2 heteroatoms. The van der Waals surface area contributed by atoms with E-state index in [1.165, 1.54) is 16.3 Å². The Morgan fingerprint density at radius 1 is 1.06 bits per heavy atom. The summed E-state index contributed by atoms with van der Waals surface area (Å²) in [4.78, 5) is 2.25. The molecule has 0 radical (unpaired) electrons. The number of nitrogens with one attached hydrogen (secondary N) is 1. The van der Waals surface area contributed by atoms with Crippen LogP contribution in [0.3, 0.4) is 0 Å². The Hall–Kier alpha value is -1.38. The second-order valence-electron chi connectivity index (χ2n) is 4.64. The number of hydrogen-bond donors (Lipinski definition) is 1. The molecule has 0 aromatic heterocycles. The van der Waals surface area contributed by atoms with E-state index in [0.29, 0.717) is 6.04 Å². The smallest absolute Gasteiger partial charge is 0.0466 e. The van der Waals surface area contributed by atoms with Gasteiger partial charge in [0.25, 0.3) is 0 Å². The standard InChI is InChI=1S/C15H20N2/c1-16-11-15(17(2)3)14-9-8-12-6-4-5-7-13(12)10-14/h4-10,15-16H,11H2,1-3H3. The van der Waals surface area contributed by atoms with Crippen LogP contribution in [-0.2, 0) is 0 Å². The zero-order chi connectivity index (χ0) is 12.3. The molecule has 90 valence electrons. The van der Waals surface area contributed by atoms with Gasteiger partial charge in [-0.3, -0.25) is 0 Å². The molecule has 0 saturated heterocycles. The number of likely N-dealkylation sites (N-methyl/N-ethyl adjacent to an activating group) is 2. The number of fused-ring (bicyclic) bond motifs is 1. The van der Waals surface area contributed by atoms with Crippen LogP contribution in [0.25, 0.3) is 10.8 Å². The third-order valence-electron chi connectivity index (χ3n) is 3.18. The van der Waals surface area contributed by atoms with Crippen molar-refractivity contribution >= 4 is 10.8 Å². The summed E-state index contributed by atoms with van der Waals surface area (Å²) in [5.41, 5.74) is 1.36. The predicted octanol–water partition coefficient (Wildman–Crippen LogP) is 2.66. The van der Waals surface area contributed by atoms with Crippen LogP contribution in [-0.4, -0.2) is 32.6 Å². The summed E-state index contributed by atoms with van der Waals surface area (Å²) in [5.74, 6) is 0. The first kappa shape index (κ1) is 12.1. The van der Waals surface area contributed by atoms with Gasteiger partial charge >= 0.3 is 0 Å². The third kappa shape index (κ3) is 2.65. The molecule has 1 unspecified atom stereocenters. The van der Waals surface area contributed by atoms with E-state index in [0.717, 1.165) is 6.54 Å². The molecule has 0 aliphatic rings.